The first-order chi connectivity index (χ1) is 8.58. The summed E-state index contributed by atoms with van der Waals surface area (Å²) in [5.74, 6) is 0.772. The summed E-state index contributed by atoms with van der Waals surface area (Å²) in [6.45, 7) is 4.52. The number of hydrogen-bond donors (Lipinski definition) is 2. The molecule has 0 unspecified atom stereocenters. The fraction of sp³-hybridized carbons (Fsp3) is 0.400. The molecule has 1 aromatic heterocycles. The topological polar surface area (TPSA) is 50.9 Å². The Bertz CT molecular complexity index is 585. The van der Waals surface area contributed by atoms with Crippen molar-refractivity contribution in [3.63, 3.8) is 0 Å². The van der Waals surface area contributed by atoms with E-state index in [1.807, 2.05) is 30.5 Å². The van der Waals surface area contributed by atoms with Crippen LogP contribution in [-0.2, 0) is 0 Å². The molecule has 3 heteroatoms. The maximum Gasteiger partial charge on any atom is 0.0954 e. The molecule has 3 N–H and O–H groups in total. The summed E-state index contributed by atoms with van der Waals surface area (Å²) in [5.41, 5.74) is 8.95. The van der Waals surface area contributed by atoms with Gasteiger partial charge < -0.3 is 11.1 Å². The highest BCUT2D eigenvalue weighted by Crippen LogP contribution is 2.42. The molecule has 1 heterocycles. The molecule has 0 spiro atoms. The molecule has 1 aliphatic carbocycles. The van der Waals surface area contributed by atoms with Gasteiger partial charge >= 0.3 is 0 Å². The van der Waals surface area contributed by atoms with E-state index in [1.54, 1.807) is 0 Å². The van der Waals surface area contributed by atoms with Crippen molar-refractivity contribution in [3.05, 3.63) is 30.5 Å². The van der Waals surface area contributed by atoms with Gasteiger partial charge in [-0.3, -0.25) is 4.98 Å². The van der Waals surface area contributed by atoms with Crippen LogP contribution < -0.4 is 11.1 Å². The zero-order valence-electron chi connectivity index (χ0n) is 10.9. The van der Waals surface area contributed by atoms with Crippen molar-refractivity contribution >= 4 is 22.3 Å². The lowest BCUT2D eigenvalue weighted by molar-refractivity contribution is 0.495. The summed E-state index contributed by atoms with van der Waals surface area (Å²) in [4.78, 5) is 4.46. The van der Waals surface area contributed by atoms with Crippen molar-refractivity contribution in [1.82, 2.24) is 4.98 Å². The molecule has 0 aliphatic heterocycles. The van der Waals surface area contributed by atoms with Crippen LogP contribution in [0.4, 0.5) is 11.4 Å². The minimum absolute atomic E-state index is 0.126. The third-order valence-electron chi connectivity index (χ3n) is 3.86. The van der Waals surface area contributed by atoms with Crippen molar-refractivity contribution in [2.75, 3.05) is 11.1 Å². The van der Waals surface area contributed by atoms with Gasteiger partial charge in [0.1, 0.15) is 0 Å². The first-order valence-corrected chi connectivity index (χ1v) is 6.49. The van der Waals surface area contributed by atoms with E-state index in [0.717, 1.165) is 28.2 Å². The van der Waals surface area contributed by atoms with Crippen LogP contribution in [0, 0.1) is 5.92 Å². The van der Waals surface area contributed by atoms with Gasteiger partial charge in [-0.2, -0.15) is 0 Å². The molecule has 1 saturated carbocycles. The number of nitrogens with one attached hydrogen (secondary N) is 1. The predicted octanol–water partition coefficient (Wildman–Crippen LogP) is 3.42. The van der Waals surface area contributed by atoms with Gasteiger partial charge in [0, 0.05) is 22.8 Å². The molecule has 3 nitrogen and oxygen atoms in total. The van der Waals surface area contributed by atoms with Crippen LogP contribution in [0.5, 0.6) is 0 Å². The third-order valence-corrected chi connectivity index (χ3v) is 3.86. The molecular weight excluding hydrogens is 222 g/mol. The maximum atomic E-state index is 5.99. The Morgan fingerprint density at radius 3 is 2.78 bits per heavy atom. The zero-order chi connectivity index (χ0) is 12.8. The quantitative estimate of drug-likeness (QED) is 0.809. The first kappa shape index (κ1) is 11.3. The largest absolute Gasteiger partial charge is 0.398 e. The minimum atomic E-state index is 0.126. The molecule has 3 rings (SSSR count). The number of anilines is 2. The zero-order valence-corrected chi connectivity index (χ0v) is 10.9. The van der Waals surface area contributed by atoms with Crippen LogP contribution in [-0.4, -0.2) is 10.5 Å². The van der Waals surface area contributed by atoms with Crippen LogP contribution in [0.2, 0.25) is 0 Å². The van der Waals surface area contributed by atoms with Crippen LogP contribution in [0.25, 0.3) is 10.9 Å². The van der Waals surface area contributed by atoms with E-state index >= 15 is 0 Å². The molecular formula is C15H19N3. The molecule has 0 saturated heterocycles. The Morgan fingerprint density at radius 1 is 1.28 bits per heavy atom. The molecule has 0 atom stereocenters. The number of fused-ring (bicyclic) bond motifs is 1. The van der Waals surface area contributed by atoms with Gasteiger partial charge in [-0.15, -0.1) is 0 Å². The van der Waals surface area contributed by atoms with Gasteiger partial charge in [0.25, 0.3) is 0 Å². The molecule has 0 radical (unpaired) electrons. The standard InChI is InChI=1S/C15H19N3/c1-15(2,10-5-6-10)18-13-8-7-12(16)11-4-3-9-17-14(11)13/h3-4,7-10,18H,5-6,16H2,1-2H3. The number of nitrogen functional groups attached to an aromatic ring is 1. The van der Waals surface area contributed by atoms with Crippen molar-refractivity contribution in [3.8, 4) is 0 Å². The minimum Gasteiger partial charge on any atom is -0.398 e. The highest BCUT2D eigenvalue weighted by Gasteiger charge is 2.37. The monoisotopic (exact) mass is 241 g/mol. The van der Waals surface area contributed by atoms with Crippen molar-refractivity contribution in [2.24, 2.45) is 5.92 Å². The third kappa shape index (κ3) is 1.90. The van der Waals surface area contributed by atoms with Gasteiger partial charge in [0.15, 0.2) is 0 Å². The smallest absolute Gasteiger partial charge is 0.0954 e. The highest BCUT2D eigenvalue weighted by molar-refractivity contribution is 5.98. The molecule has 18 heavy (non-hydrogen) atoms. The van der Waals surface area contributed by atoms with Gasteiger partial charge in [-0.1, -0.05) is 0 Å². The van der Waals surface area contributed by atoms with Gasteiger partial charge in [-0.05, 0) is 56.9 Å². The van der Waals surface area contributed by atoms with Gasteiger partial charge in [0.05, 0.1) is 11.2 Å². The van der Waals surface area contributed by atoms with E-state index in [2.05, 4.69) is 24.1 Å². The fourth-order valence-corrected chi connectivity index (χ4v) is 2.55. The average Bonchev–Trinajstić information content (AvgIpc) is 3.17. The summed E-state index contributed by atoms with van der Waals surface area (Å²) in [6, 6.07) is 7.94. The number of aromatic nitrogens is 1. The lowest BCUT2D eigenvalue weighted by atomic mass is 9.98. The van der Waals surface area contributed by atoms with Crippen molar-refractivity contribution in [1.29, 1.82) is 0 Å². The molecule has 1 aromatic carbocycles. The maximum absolute atomic E-state index is 5.99. The lowest BCUT2D eigenvalue weighted by Gasteiger charge is -2.28. The van der Waals surface area contributed by atoms with E-state index in [-0.39, 0.29) is 5.54 Å². The highest BCUT2D eigenvalue weighted by atomic mass is 15.0. The second kappa shape index (κ2) is 3.87. The Labute approximate surface area is 107 Å². The van der Waals surface area contributed by atoms with Gasteiger partial charge in [-0.25, -0.2) is 0 Å². The van der Waals surface area contributed by atoms with E-state index < -0.39 is 0 Å². The Balaban J connectivity index is 2.04. The van der Waals surface area contributed by atoms with Crippen LogP contribution >= 0.6 is 0 Å². The average molecular weight is 241 g/mol. The second-order valence-corrected chi connectivity index (χ2v) is 5.72. The van der Waals surface area contributed by atoms with Crippen LogP contribution in [0.3, 0.4) is 0 Å². The van der Waals surface area contributed by atoms with Crippen LogP contribution in [0.15, 0.2) is 30.5 Å². The summed E-state index contributed by atoms with van der Waals surface area (Å²) < 4.78 is 0. The van der Waals surface area contributed by atoms with Crippen molar-refractivity contribution < 1.29 is 0 Å². The summed E-state index contributed by atoms with van der Waals surface area (Å²) in [6.07, 6.45) is 4.46. The molecule has 1 fully saturated rings. The molecule has 0 amide bonds. The normalized spacial score (nSPS) is 15.9. The number of nitrogens with zero attached hydrogens (tertiary/aromatic N) is 1. The molecule has 0 bridgehead atoms. The summed E-state index contributed by atoms with van der Waals surface area (Å²) in [5, 5.41) is 4.65. The molecule has 1 aliphatic rings. The number of benzene rings is 1. The Kier molecular flexibility index (Phi) is 2.44. The Morgan fingerprint density at radius 2 is 2.06 bits per heavy atom. The van der Waals surface area contributed by atoms with Gasteiger partial charge in [0.2, 0.25) is 0 Å². The first-order valence-electron chi connectivity index (χ1n) is 6.49. The van der Waals surface area contributed by atoms with Crippen molar-refractivity contribution in [2.45, 2.75) is 32.2 Å². The van der Waals surface area contributed by atoms with Crippen LogP contribution in [0.1, 0.15) is 26.7 Å². The Hall–Kier alpha value is -1.77. The molecule has 2 aromatic rings. The summed E-state index contributed by atoms with van der Waals surface area (Å²) >= 11 is 0. The predicted molar refractivity (Wildman–Crippen MR) is 76.6 cm³/mol. The number of nitrogens with two attached hydrogens (primary N) is 1. The lowest BCUT2D eigenvalue weighted by Crippen LogP contribution is -2.33. The number of hydrogen-bond acceptors (Lipinski definition) is 3. The number of pyridine rings is 1. The van der Waals surface area contributed by atoms with E-state index in [1.165, 1.54) is 12.8 Å². The number of rotatable bonds is 3. The second-order valence-electron chi connectivity index (χ2n) is 5.72. The van der Waals surface area contributed by atoms with E-state index in [4.69, 9.17) is 5.73 Å². The SMILES string of the molecule is CC(C)(Nc1ccc(N)c2cccnc12)C1CC1. The fourth-order valence-electron chi connectivity index (χ4n) is 2.55. The molecule has 94 valence electrons. The van der Waals surface area contributed by atoms with E-state index in [0.29, 0.717) is 0 Å². The van der Waals surface area contributed by atoms with E-state index in [9.17, 15) is 0 Å². The summed E-state index contributed by atoms with van der Waals surface area (Å²) in [7, 11) is 0.